The van der Waals surface area contributed by atoms with Gasteiger partial charge in [-0.2, -0.15) is 0 Å². The van der Waals surface area contributed by atoms with Crippen LogP contribution < -0.4 is 0 Å². The van der Waals surface area contributed by atoms with Crippen LogP contribution in [0.2, 0.25) is 5.02 Å². The van der Waals surface area contributed by atoms with Gasteiger partial charge in [0, 0.05) is 6.20 Å². The van der Waals surface area contributed by atoms with Crippen molar-refractivity contribution in [2.75, 3.05) is 0 Å². The number of thiophene rings is 1. The average Bonchev–Trinajstić information content (AvgIpc) is 3.21. The molecule has 0 N–H and O–H groups in total. The standard InChI is InChI=1S/C17H10ClFN4S/c18-11-7-8-15-20-16(14-6-3-9-24-14)17(23(15)10-11)22-21-13-5-2-1-4-12(13)19/h1-10H. The summed E-state index contributed by atoms with van der Waals surface area (Å²) in [6.45, 7) is 0. The van der Waals surface area contributed by atoms with Crippen LogP contribution in [0.3, 0.4) is 0 Å². The van der Waals surface area contributed by atoms with Crippen LogP contribution in [0.5, 0.6) is 0 Å². The van der Waals surface area contributed by atoms with E-state index in [1.807, 2.05) is 23.6 Å². The largest absolute Gasteiger partial charge is 0.281 e. The van der Waals surface area contributed by atoms with Crippen LogP contribution in [-0.4, -0.2) is 9.38 Å². The second-order valence-electron chi connectivity index (χ2n) is 4.99. The zero-order valence-electron chi connectivity index (χ0n) is 12.2. The van der Waals surface area contributed by atoms with Crippen molar-refractivity contribution < 1.29 is 4.39 Å². The molecule has 0 spiro atoms. The molecule has 0 saturated carbocycles. The molecule has 24 heavy (non-hydrogen) atoms. The Hall–Kier alpha value is -2.57. The maximum Gasteiger partial charge on any atom is 0.188 e. The highest BCUT2D eigenvalue weighted by Crippen LogP contribution is 2.35. The van der Waals surface area contributed by atoms with Gasteiger partial charge in [0.2, 0.25) is 0 Å². The lowest BCUT2D eigenvalue weighted by atomic mass is 10.3. The van der Waals surface area contributed by atoms with E-state index in [2.05, 4.69) is 15.2 Å². The number of hydrogen-bond acceptors (Lipinski definition) is 4. The number of aromatic nitrogens is 2. The van der Waals surface area contributed by atoms with Gasteiger partial charge in [0.25, 0.3) is 0 Å². The average molecular weight is 357 g/mol. The quantitative estimate of drug-likeness (QED) is 0.399. The van der Waals surface area contributed by atoms with E-state index in [0.29, 0.717) is 22.2 Å². The van der Waals surface area contributed by atoms with E-state index in [1.54, 1.807) is 46.2 Å². The number of fused-ring (bicyclic) bond motifs is 1. The maximum absolute atomic E-state index is 13.8. The molecule has 1 aromatic carbocycles. The first-order valence-electron chi connectivity index (χ1n) is 7.10. The normalized spacial score (nSPS) is 11.6. The van der Waals surface area contributed by atoms with Gasteiger partial charge in [-0.1, -0.05) is 29.8 Å². The highest BCUT2D eigenvalue weighted by Gasteiger charge is 2.15. The Bertz CT molecular complexity index is 1040. The van der Waals surface area contributed by atoms with Gasteiger partial charge in [-0.25, -0.2) is 9.37 Å². The first-order valence-corrected chi connectivity index (χ1v) is 8.36. The van der Waals surface area contributed by atoms with Crippen LogP contribution in [0.25, 0.3) is 16.2 Å². The third-order valence-corrected chi connectivity index (χ3v) is 4.52. The molecule has 0 bridgehead atoms. The van der Waals surface area contributed by atoms with Crippen LogP contribution in [0.1, 0.15) is 0 Å². The monoisotopic (exact) mass is 356 g/mol. The lowest BCUT2D eigenvalue weighted by Crippen LogP contribution is -1.83. The molecule has 4 rings (SSSR count). The zero-order valence-corrected chi connectivity index (χ0v) is 13.8. The Kier molecular flexibility index (Phi) is 3.84. The summed E-state index contributed by atoms with van der Waals surface area (Å²) in [5.74, 6) is 0.0870. The summed E-state index contributed by atoms with van der Waals surface area (Å²) in [4.78, 5) is 5.55. The first kappa shape index (κ1) is 15.0. The third kappa shape index (κ3) is 2.70. The maximum atomic E-state index is 13.8. The second kappa shape index (κ2) is 6.14. The van der Waals surface area contributed by atoms with Crippen molar-refractivity contribution in [2.24, 2.45) is 10.2 Å². The number of nitrogens with zero attached hydrogens (tertiary/aromatic N) is 4. The number of rotatable bonds is 3. The van der Waals surface area contributed by atoms with Crippen LogP contribution in [-0.2, 0) is 0 Å². The molecule has 0 aliphatic carbocycles. The molecule has 4 nitrogen and oxygen atoms in total. The van der Waals surface area contributed by atoms with E-state index in [1.165, 1.54) is 6.07 Å². The van der Waals surface area contributed by atoms with E-state index in [4.69, 9.17) is 11.6 Å². The minimum Gasteiger partial charge on any atom is -0.281 e. The Balaban J connectivity index is 1.90. The lowest BCUT2D eigenvalue weighted by molar-refractivity contribution is 0.628. The number of hydrogen-bond donors (Lipinski definition) is 0. The van der Waals surface area contributed by atoms with Crippen molar-refractivity contribution in [3.05, 3.63) is 70.9 Å². The summed E-state index contributed by atoms with van der Waals surface area (Å²) in [6, 6.07) is 13.7. The molecule has 3 aromatic heterocycles. The van der Waals surface area contributed by atoms with Crippen molar-refractivity contribution in [1.82, 2.24) is 9.38 Å². The summed E-state index contributed by atoms with van der Waals surface area (Å²) in [5, 5.41) is 10.8. The summed E-state index contributed by atoms with van der Waals surface area (Å²) < 4.78 is 15.5. The van der Waals surface area contributed by atoms with Gasteiger partial charge < -0.3 is 0 Å². The first-order chi connectivity index (χ1) is 11.7. The van der Waals surface area contributed by atoms with Gasteiger partial charge in [-0.15, -0.1) is 21.6 Å². The van der Waals surface area contributed by atoms with Crippen molar-refractivity contribution in [3.8, 4) is 10.6 Å². The van der Waals surface area contributed by atoms with E-state index in [0.717, 1.165) is 4.88 Å². The predicted molar refractivity (Wildman–Crippen MR) is 94.1 cm³/mol. The molecule has 0 saturated heterocycles. The van der Waals surface area contributed by atoms with Crippen LogP contribution >= 0.6 is 22.9 Å². The smallest absolute Gasteiger partial charge is 0.188 e. The van der Waals surface area contributed by atoms with Crippen molar-refractivity contribution >= 4 is 40.1 Å². The molecule has 0 fully saturated rings. The number of pyridine rings is 1. The number of halogens is 2. The van der Waals surface area contributed by atoms with Gasteiger partial charge in [0.15, 0.2) is 11.6 Å². The van der Waals surface area contributed by atoms with E-state index in [-0.39, 0.29) is 5.69 Å². The number of imidazole rings is 1. The van der Waals surface area contributed by atoms with Crippen molar-refractivity contribution in [1.29, 1.82) is 0 Å². The van der Waals surface area contributed by atoms with Crippen LogP contribution in [0.4, 0.5) is 15.9 Å². The highest BCUT2D eigenvalue weighted by atomic mass is 35.5. The summed E-state index contributed by atoms with van der Waals surface area (Å²) in [6.07, 6.45) is 1.72. The molecule has 7 heteroatoms. The Labute approximate surface area is 145 Å². The highest BCUT2D eigenvalue weighted by molar-refractivity contribution is 7.13. The topological polar surface area (TPSA) is 42.0 Å². The fraction of sp³-hybridized carbons (Fsp3) is 0. The second-order valence-corrected chi connectivity index (χ2v) is 6.37. The number of benzene rings is 1. The third-order valence-electron chi connectivity index (χ3n) is 3.42. The van der Waals surface area contributed by atoms with Gasteiger partial charge in [0.1, 0.15) is 17.0 Å². The summed E-state index contributed by atoms with van der Waals surface area (Å²) in [5.41, 5.74) is 1.56. The fourth-order valence-corrected chi connectivity index (χ4v) is 3.18. The van der Waals surface area contributed by atoms with Crippen LogP contribution in [0, 0.1) is 5.82 Å². The molecule has 118 valence electrons. The Morgan fingerprint density at radius 1 is 1.04 bits per heavy atom. The van der Waals surface area contributed by atoms with Crippen LogP contribution in [0.15, 0.2) is 70.3 Å². The van der Waals surface area contributed by atoms with Crippen molar-refractivity contribution in [2.45, 2.75) is 0 Å². The molecule has 4 aromatic rings. The Morgan fingerprint density at radius 3 is 2.71 bits per heavy atom. The van der Waals surface area contributed by atoms with Gasteiger partial charge in [-0.05, 0) is 35.7 Å². The molecule has 0 aliphatic heterocycles. The SMILES string of the molecule is Fc1ccccc1N=Nc1c(-c2cccs2)nc2ccc(Cl)cn12. The minimum atomic E-state index is -0.425. The van der Waals surface area contributed by atoms with E-state index >= 15 is 0 Å². The lowest BCUT2D eigenvalue weighted by Gasteiger charge is -1.99. The van der Waals surface area contributed by atoms with Gasteiger partial charge in [0.05, 0.1) is 9.90 Å². The molecule has 0 amide bonds. The molecule has 0 unspecified atom stereocenters. The van der Waals surface area contributed by atoms with Gasteiger partial charge in [-0.3, -0.25) is 4.40 Å². The molecular formula is C17H10ClFN4S. The van der Waals surface area contributed by atoms with E-state index in [9.17, 15) is 4.39 Å². The zero-order chi connectivity index (χ0) is 16.5. The molecule has 3 heterocycles. The predicted octanol–water partition coefficient (Wildman–Crippen LogP) is 6.27. The van der Waals surface area contributed by atoms with Gasteiger partial charge >= 0.3 is 0 Å². The number of azo groups is 1. The van der Waals surface area contributed by atoms with Crippen molar-refractivity contribution in [3.63, 3.8) is 0 Å². The molecular weight excluding hydrogens is 347 g/mol. The molecule has 0 aliphatic rings. The fourth-order valence-electron chi connectivity index (χ4n) is 2.31. The Morgan fingerprint density at radius 2 is 1.92 bits per heavy atom. The summed E-state index contributed by atoms with van der Waals surface area (Å²) in [7, 11) is 0. The molecule has 0 radical (unpaired) electrons. The summed E-state index contributed by atoms with van der Waals surface area (Å²) >= 11 is 7.64. The van der Waals surface area contributed by atoms with E-state index < -0.39 is 5.82 Å². The minimum absolute atomic E-state index is 0.173. The molecule has 0 atom stereocenters.